The first-order valence-electron chi connectivity index (χ1n) is 12.1. The second kappa shape index (κ2) is 21.0. The maximum atomic E-state index is 11.8. The average molecular weight is 541 g/mol. The van der Waals surface area contributed by atoms with Gasteiger partial charge in [0.2, 0.25) is 0 Å². The van der Waals surface area contributed by atoms with Crippen molar-refractivity contribution in [3.63, 3.8) is 0 Å². The first kappa shape index (κ1) is 40.6. The Morgan fingerprint density at radius 2 is 1.41 bits per heavy atom. The Morgan fingerprint density at radius 1 is 0.973 bits per heavy atom. The molecule has 2 saturated heterocycles. The molecule has 2 rings (SSSR count). The number of aliphatic hydroxyl groups is 2. The molecule has 0 aromatic rings. The zero-order chi connectivity index (χ0) is 27.1. The van der Waals surface area contributed by atoms with Crippen LogP contribution in [0.15, 0.2) is 0 Å². The van der Waals surface area contributed by atoms with Gasteiger partial charge in [0.25, 0.3) is 0 Å². The van der Waals surface area contributed by atoms with E-state index in [0.717, 1.165) is 12.8 Å². The maximum Gasteiger partial charge on any atom is 1.00 e. The molecule has 1 unspecified atom stereocenters. The minimum Gasteiger partial charge on any atom is -1.00 e. The molecule has 0 aromatic carbocycles. The van der Waals surface area contributed by atoms with E-state index in [-0.39, 0.29) is 84.2 Å². The second-order valence-electron chi connectivity index (χ2n) is 10.2. The molecule has 0 bridgehead atoms. The van der Waals surface area contributed by atoms with Crippen LogP contribution in [0.3, 0.4) is 0 Å². The summed E-state index contributed by atoms with van der Waals surface area (Å²) in [6, 6.07) is 0. The van der Waals surface area contributed by atoms with E-state index in [1.54, 1.807) is 32.6 Å². The number of ether oxygens (including phenoxy) is 4. The number of Topliss-reactive ketones (excluding diaryl/α,β-unsaturated/α-hetero) is 1. The van der Waals surface area contributed by atoms with Gasteiger partial charge < -0.3 is 40.4 Å². The van der Waals surface area contributed by atoms with Crippen molar-refractivity contribution < 1.29 is 74.5 Å². The molecule has 0 saturated carbocycles. The summed E-state index contributed by atoms with van der Waals surface area (Å²) in [6.07, 6.45) is 0.0717. The monoisotopic (exact) mass is 541 g/mol. The fourth-order valence-corrected chi connectivity index (χ4v) is 2.83. The maximum absolute atomic E-state index is 11.8. The fraction of sp³-hybridized carbons (Fsp3) is 0.875. The Labute approximate surface area is 247 Å². The van der Waals surface area contributed by atoms with Gasteiger partial charge in [0, 0.05) is 41.3 Å². The smallest absolute Gasteiger partial charge is 1.00 e. The molecule has 2 N–H and O–H groups in total. The van der Waals surface area contributed by atoms with E-state index in [9.17, 15) is 19.5 Å². The molecule has 2 fully saturated rings. The number of β-amino-alcohol motifs (C(OH)–C–C–N with tert-alkyl or cyclic N) is 1. The van der Waals surface area contributed by atoms with Crippen molar-refractivity contribution >= 4 is 26.4 Å². The number of hydrogen-bond acceptors (Lipinski definition) is 9. The minimum atomic E-state index is -0.632. The van der Waals surface area contributed by atoms with E-state index in [0.29, 0.717) is 26.3 Å². The van der Waals surface area contributed by atoms with Gasteiger partial charge in [0.1, 0.15) is 17.8 Å². The topological polar surface area (TPSA) is 135 Å². The predicted octanol–water partition coefficient (Wildman–Crippen LogP) is -1.05. The van der Waals surface area contributed by atoms with Crippen LogP contribution in [0, 0.1) is 0 Å². The van der Waals surface area contributed by atoms with Crippen molar-refractivity contribution in [2.24, 2.45) is 0 Å². The summed E-state index contributed by atoms with van der Waals surface area (Å²) < 4.78 is 20.7. The van der Waals surface area contributed by atoms with Crippen molar-refractivity contribution in [2.75, 3.05) is 59.2 Å². The van der Waals surface area contributed by atoms with Crippen molar-refractivity contribution in [1.29, 1.82) is 0 Å². The van der Waals surface area contributed by atoms with Crippen LogP contribution in [-0.4, -0.2) is 123 Å². The van der Waals surface area contributed by atoms with Gasteiger partial charge in [-0.1, -0.05) is 0 Å². The molecular weight excluding hydrogens is 494 g/mol. The summed E-state index contributed by atoms with van der Waals surface area (Å²) >= 11 is 0. The Morgan fingerprint density at radius 3 is 1.89 bits per heavy atom. The van der Waals surface area contributed by atoms with Crippen LogP contribution in [0.4, 0.5) is 9.59 Å². The van der Waals surface area contributed by atoms with Gasteiger partial charge in [-0.05, 0) is 61.3 Å². The molecule has 0 aromatic heterocycles. The average Bonchev–Trinajstić information content (AvgIpc) is 2.65. The molecule has 0 aliphatic carbocycles. The Hall–Kier alpha value is -0.885. The first-order valence-corrected chi connectivity index (χ1v) is 12.1. The van der Waals surface area contributed by atoms with E-state index >= 15 is 0 Å². The van der Waals surface area contributed by atoms with Crippen LogP contribution >= 0.6 is 0 Å². The molecule has 37 heavy (non-hydrogen) atoms. The Balaban J connectivity index is -0.000000257. The molecule has 0 spiro atoms. The third-order valence-corrected chi connectivity index (χ3v) is 4.11. The van der Waals surface area contributed by atoms with Crippen LogP contribution in [0.1, 0.15) is 62.7 Å². The molecule has 211 valence electrons. The number of nitrogens with zero attached hydrogens (tertiary/aromatic N) is 2. The Kier molecular flexibility index (Phi) is 23.0. The summed E-state index contributed by atoms with van der Waals surface area (Å²) in [5.74, 6) is -0.0921. The number of amides is 2. The summed E-state index contributed by atoms with van der Waals surface area (Å²) in [6.45, 7) is 15.7. The number of carbonyl (C=O) groups is 3. The van der Waals surface area contributed by atoms with Crippen molar-refractivity contribution in [1.82, 2.24) is 9.80 Å². The van der Waals surface area contributed by atoms with Gasteiger partial charge in [-0.25, -0.2) is 9.59 Å². The second-order valence-corrected chi connectivity index (χ2v) is 10.2. The van der Waals surface area contributed by atoms with Gasteiger partial charge in [0.15, 0.2) is 5.78 Å². The zero-order valence-electron chi connectivity index (χ0n) is 25.1. The number of ketones is 1. The SMILES string of the molecule is CC(C)(C)OC(=O)N1CCCOCC(=O)C1.CC(C)(C)OC(=O)N1CCCOCC(O)C1.CCO.[B].[H-].[Na+]. The normalized spacial score (nSPS) is 18.8. The molecule has 3 radical (unpaired) electrons. The predicted molar refractivity (Wildman–Crippen MR) is 137 cm³/mol. The number of rotatable bonds is 0. The van der Waals surface area contributed by atoms with Gasteiger partial charge >= 0.3 is 41.7 Å². The van der Waals surface area contributed by atoms with Gasteiger partial charge in [0.05, 0.1) is 25.8 Å². The molecule has 1 atom stereocenters. The van der Waals surface area contributed by atoms with Crippen molar-refractivity contribution in [2.45, 2.75) is 78.6 Å². The van der Waals surface area contributed by atoms with Crippen LogP contribution < -0.4 is 29.6 Å². The third-order valence-electron chi connectivity index (χ3n) is 4.11. The first-order chi connectivity index (χ1) is 16.2. The van der Waals surface area contributed by atoms with Crippen molar-refractivity contribution in [3.05, 3.63) is 0 Å². The summed E-state index contributed by atoms with van der Waals surface area (Å²) in [4.78, 5) is 37.8. The summed E-state index contributed by atoms with van der Waals surface area (Å²) in [5, 5.41) is 17.1. The largest absolute Gasteiger partial charge is 1.00 e. The van der Waals surface area contributed by atoms with Crippen LogP contribution in [-0.2, 0) is 23.7 Å². The molecule has 13 heteroatoms. The standard InChI is InChI=1S/C11H21NO4.C11H19NO4.C2H6O.B.Na.H/c2*1-11(2,3)16-10(14)12-5-4-6-15-8-9(13)7-12;1-2-3;;;/h9,13H,4-8H2,1-3H3;4-8H2,1-3H3;3H,2H2,1H3;;;/q;;;;+1;-1. The third kappa shape index (κ3) is 22.8. The summed E-state index contributed by atoms with van der Waals surface area (Å²) in [7, 11) is 0. The quantitative estimate of drug-likeness (QED) is 0.369. The van der Waals surface area contributed by atoms with E-state index < -0.39 is 23.4 Å². The zero-order valence-corrected chi connectivity index (χ0v) is 26.1. The van der Waals surface area contributed by atoms with Gasteiger partial charge in [-0.3, -0.25) is 4.79 Å². The summed E-state index contributed by atoms with van der Waals surface area (Å²) in [5.41, 5.74) is -1.03. The molecule has 2 aliphatic rings. The molecule has 2 aliphatic heterocycles. The van der Waals surface area contributed by atoms with E-state index in [4.69, 9.17) is 24.1 Å². The van der Waals surface area contributed by atoms with E-state index in [1.165, 1.54) is 4.90 Å². The number of aliphatic hydroxyl groups excluding tert-OH is 2. The van der Waals surface area contributed by atoms with Crippen LogP contribution in [0.2, 0.25) is 0 Å². The Bertz CT molecular complexity index is 649. The van der Waals surface area contributed by atoms with Crippen LogP contribution in [0.25, 0.3) is 0 Å². The molecular formula is C24H47BN2NaO9. The van der Waals surface area contributed by atoms with Crippen LogP contribution in [0.5, 0.6) is 0 Å². The van der Waals surface area contributed by atoms with E-state index in [2.05, 4.69) is 0 Å². The van der Waals surface area contributed by atoms with Gasteiger partial charge in [-0.15, -0.1) is 0 Å². The fourth-order valence-electron chi connectivity index (χ4n) is 2.83. The van der Waals surface area contributed by atoms with Crippen molar-refractivity contribution in [3.8, 4) is 0 Å². The van der Waals surface area contributed by atoms with E-state index in [1.807, 2.05) is 20.8 Å². The number of carbonyl (C=O) groups excluding carboxylic acids is 3. The minimum absolute atomic E-state index is 0. The molecule has 11 nitrogen and oxygen atoms in total. The molecule has 2 heterocycles. The molecule has 2 amide bonds. The van der Waals surface area contributed by atoms with Gasteiger partial charge in [-0.2, -0.15) is 0 Å². The number of hydrogen-bond donors (Lipinski definition) is 2.